The summed E-state index contributed by atoms with van der Waals surface area (Å²) >= 11 is 1.52. The van der Waals surface area contributed by atoms with Crippen LogP contribution in [-0.2, 0) is 0 Å². The maximum Gasteiger partial charge on any atom is 0.168 e. The smallest absolute Gasteiger partial charge is 0.168 e. The summed E-state index contributed by atoms with van der Waals surface area (Å²) in [6.07, 6.45) is 4.57. The van der Waals surface area contributed by atoms with Gasteiger partial charge in [0.2, 0.25) is 0 Å². The second kappa shape index (κ2) is 4.58. The Morgan fingerprint density at radius 3 is 2.95 bits per heavy atom. The maximum absolute atomic E-state index is 14.0. The molecule has 0 radical (unpaired) electrons. The number of rotatable bonds is 1. The Balaban J connectivity index is 1.73. The second-order valence-corrected chi connectivity index (χ2v) is 6.28. The molecule has 0 N–H and O–H groups in total. The van der Waals surface area contributed by atoms with Crippen molar-refractivity contribution in [2.45, 2.75) is 37.8 Å². The van der Waals surface area contributed by atoms with Gasteiger partial charge < -0.3 is 4.90 Å². The Kier molecular flexibility index (Phi) is 2.84. The zero-order valence-corrected chi connectivity index (χ0v) is 11.7. The molecule has 0 spiro atoms. The third kappa shape index (κ3) is 1.79. The molecule has 1 aromatic carbocycles. The van der Waals surface area contributed by atoms with E-state index in [1.807, 2.05) is 5.41 Å². The van der Waals surface area contributed by atoms with Crippen LogP contribution in [0.3, 0.4) is 0 Å². The molecule has 1 saturated carbocycles. The highest BCUT2D eigenvalue weighted by molar-refractivity contribution is 8.16. The van der Waals surface area contributed by atoms with Gasteiger partial charge in [0.25, 0.3) is 0 Å². The van der Waals surface area contributed by atoms with Crippen LogP contribution in [0.15, 0.2) is 28.6 Å². The molecule has 0 unspecified atom stereocenters. The molecule has 0 saturated heterocycles. The summed E-state index contributed by atoms with van der Waals surface area (Å²) in [6, 6.07) is 4.28. The van der Waals surface area contributed by atoms with Crippen molar-refractivity contribution in [3.63, 3.8) is 0 Å². The van der Waals surface area contributed by atoms with Crippen molar-refractivity contribution in [3.05, 3.63) is 40.8 Å². The van der Waals surface area contributed by atoms with Crippen molar-refractivity contribution in [2.75, 3.05) is 0 Å². The quantitative estimate of drug-likeness (QED) is 0.777. The number of fused-ring (bicyclic) bond motifs is 3. The number of amidine groups is 1. The Hall–Kier alpha value is -1.36. The Morgan fingerprint density at radius 2 is 2.05 bits per heavy atom. The van der Waals surface area contributed by atoms with E-state index in [0.717, 1.165) is 29.8 Å². The van der Waals surface area contributed by atoms with Gasteiger partial charge in [-0.05, 0) is 31.0 Å². The molecule has 1 aliphatic carbocycles. The number of hydrogen-bond donors (Lipinski definition) is 0. The summed E-state index contributed by atoms with van der Waals surface area (Å²) in [5, 5.41) is 2.84. The second-order valence-electron chi connectivity index (χ2n) is 5.45. The average Bonchev–Trinajstić information content (AvgIpc) is 3.00. The molecule has 20 heavy (non-hydrogen) atoms. The summed E-state index contributed by atoms with van der Waals surface area (Å²) < 4.78 is 27.4. The maximum atomic E-state index is 14.0. The first-order valence-electron chi connectivity index (χ1n) is 6.93. The molecule has 2 aliphatic heterocycles. The van der Waals surface area contributed by atoms with E-state index < -0.39 is 5.82 Å². The third-order valence-corrected chi connectivity index (χ3v) is 5.10. The number of nitrogens with zero attached hydrogens (tertiary/aromatic N) is 2. The number of thioether (sulfide) groups is 1. The van der Waals surface area contributed by atoms with E-state index in [9.17, 15) is 8.78 Å². The topological polar surface area (TPSA) is 15.6 Å². The van der Waals surface area contributed by atoms with Gasteiger partial charge in [-0.3, -0.25) is 4.99 Å². The zero-order valence-electron chi connectivity index (χ0n) is 10.9. The largest absolute Gasteiger partial charge is 0.315 e. The molecule has 2 atom stereocenters. The van der Waals surface area contributed by atoms with E-state index >= 15 is 0 Å². The minimum atomic E-state index is -0.405. The highest BCUT2D eigenvalue weighted by atomic mass is 32.2. The summed E-state index contributed by atoms with van der Waals surface area (Å²) in [6.45, 7) is 0. The molecule has 104 valence electrons. The lowest BCUT2D eigenvalue weighted by atomic mass is 9.90. The van der Waals surface area contributed by atoms with E-state index in [4.69, 9.17) is 4.99 Å². The molecule has 3 aliphatic rings. The zero-order chi connectivity index (χ0) is 13.7. The SMILES string of the molecule is Fc1ccc(F)c(C2=CSC3=N[C@H]4CCCC[C@@H]4N23)c1. The summed E-state index contributed by atoms with van der Waals surface area (Å²) in [4.78, 5) is 6.85. The lowest BCUT2D eigenvalue weighted by Crippen LogP contribution is -2.38. The van der Waals surface area contributed by atoms with Gasteiger partial charge in [0.05, 0.1) is 17.8 Å². The molecule has 2 heterocycles. The molecule has 4 rings (SSSR count). The summed E-state index contributed by atoms with van der Waals surface area (Å²) in [5.41, 5.74) is 1.11. The van der Waals surface area contributed by atoms with Crippen LogP contribution in [0.2, 0.25) is 0 Å². The molecule has 0 amide bonds. The molecule has 2 nitrogen and oxygen atoms in total. The lowest BCUT2D eigenvalue weighted by Gasteiger charge is -2.32. The highest BCUT2D eigenvalue weighted by Gasteiger charge is 2.42. The van der Waals surface area contributed by atoms with Crippen molar-refractivity contribution in [1.82, 2.24) is 4.90 Å². The van der Waals surface area contributed by atoms with Crippen molar-refractivity contribution < 1.29 is 8.78 Å². The van der Waals surface area contributed by atoms with Gasteiger partial charge in [-0.15, -0.1) is 0 Å². The van der Waals surface area contributed by atoms with Crippen LogP contribution < -0.4 is 0 Å². The number of aliphatic imine (C=N–C) groups is 1. The van der Waals surface area contributed by atoms with Crippen LogP contribution in [0.5, 0.6) is 0 Å². The standard InChI is InChI=1S/C15H14F2N2S/c16-9-5-6-11(17)10(7-9)14-8-20-15-18-12-3-1-2-4-13(12)19(14)15/h5-8,12-13H,1-4H2/t12-,13-/m0/s1. The fraction of sp³-hybridized carbons (Fsp3) is 0.400. The van der Waals surface area contributed by atoms with Crippen molar-refractivity contribution >= 4 is 22.6 Å². The summed E-state index contributed by atoms with van der Waals surface area (Å²) in [7, 11) is 0. The lowest BCUT2D eigenvalue weighted by molar-refractivity contribution is 0.305. The minimum Gasteiger partial charge on any atom is -0.315 e. The van der Waals surface area contributed by atoms with Gasteiger partial charge in [-0.1, -0.05) is 24.6 Å². The first-order chi connectivity index (χ1) is 9.74. The van der Waals surface area contributed by atoms with Crippen LogP contribution in [0, 0.1) is 11.6 Å². The molecule has 0 bridgehead atoms. The van der Waals surface area contributed by atoms with Gasteiger partial charge >= 0.3 is 0 Å². The molecule has 0 aromatic heterocycles. The van der Waals surface area contributed by atoms with Crippen molar-refractivity contribution in [1.29, 1.82) is 0 Å². The van der Waals surface area contributed by atoms with Gasteiger partial charge in [-0.2, -0.15) is 0 Å². The van der Waals surface area contributed by atoms with Crippen LogP contribution in [-0.4, -0.2) is 22.2 Å². The molecule has 1 aromatic rings. The van der Waals surface area contributed by atoms with E-state index in [1.54, 1.807) is 0 Å². The Morgan fingerprint density at radius 1 is 1.20 bits per heavy atom. The first kappa shape index (κ1) is 12.4. The van der Waals surface area contributed by atoms with Crippen molar-refractivity contribution in [3.8, 4) is 0 Å². The van der Waals surface area contributed by atoms with Crippen LogP contribution >= 0.6 is 11.8 Å². The predicted octanol–water partition coefficient (Wildman–Crippen LogP) is 3.99. The molecule has 1 fully saturated rings. The van der Waals surface area contributed by atoms with Gasteiger partial charge in [0.15, 0.2) is 5.17 Å². The highest BCUT2D eigenvalue weighted by Crippen LogP contribution is 2.44. The monoisotopic (exact) mass is 292 g/mol. The number of benzene rings is 1. The van der Waals surface area contributed by atoms with Crippen LogP contribution in [0.1, 0.15) is 31.2 Å². The third-order valence-electron chi connectivity index (χ3n) is 4.25. The first-order valence-corrected chi connectivity index (χ1v) is 7.81. The fourth-order valence-electron chi connectivity index (χ4n) is 3.31. The van der Waals surface area contributed by atoms with Gasteiger partial charge in [0, 0.05) is 11.0 Å². The number of halogens is 2. The van der Waals surface area contributed by atoms with Gasteiger partial charge in [0.1, 0.15) is 11.6 Å². The Bertz CT molecular complexity index is 626. The minimum absolute atomic E-state index is 0.322. The van der Waals surface area contributed by atoms with Crippen molar-refractivity contribution in [2.24, 2.45) is 4.99 Å². The fourth-order valence-corrected chi connectivity index (χ4v) is 4.31. The average molecular weight is 292 g/mol. The van der Waals surface area contributed by atoms with E-state index in [0.29, 0.717) is 17.6 Å². The molecular weight excluding hydrogens is 278 g/mol. The normalized spacial score (nSPS) is 28.0. The van der Waals surface area contributed by atoms with E-state index in [1.165, 1.54) is 36.7 Å². The van der Waals surface area contributed by atoms with E-state index in [2.05, 4.69) is 4.90 Å². The summed E-state index contributed by atoms with van der Waals surface area (Å²) in [5.74, 6) is -0.782. The Labute approximate surface area is 120 Å². The van der Waals surface area contributed by atoms with Crippen LogP contribution in [0.4, 0.5) is 8.78 Å². The van der Waals surface area contributed by atoms with Crippen LogP contribution in [0.25, 0.3) is 5.70 Å². The van der Waals surface area contributed by atoms with E-state index in [-0.39, 0.29) is 5.82 Å². The molecular formula is C15H14F2N2S. The predicted molar refractivity (Wildman–Crippen MR) is 77.2 cm³/mol. The number of hydrogen-bond acceptors (Lipinski definition) is 3. The molecule has 5 heteroatoms. The van der Waals surface area contributed by atoms with Gasteiger partial charge in [-0.25, -0.2) is 8.78 Å².